The van der Waals surface area contributed by atoms with E-state index in [2.05, 4.69) is 15.6 Å². The Labute approximate surface area is 188 Å². The lowest BCUT2D eigenvalue weighted by Crippen LogP contribution is -2.45. The molecule has 0 aliphatic rings. The van der Waals surface area contributed by atoms with E-state index in [1.807, 2.05) is 0 Å². The second-order valence-corrected chi connectivity index (χ2v) is 6.82. The normalized spacial score (nSPS) is 11.0. The Morgan fingerprint density at radius 2 is 1.79 bits per heavy atom. The molecule has 12 heteroatoms. The van der Waals surface area contributed by atoms with Gasteiger partial charge in [0.15, 0.2) is 5.96 Å². The van der Waals surface area contributed by atoms with Crippen molar-refractivity contribution in [3.05, 3.63) is 59.7 Å². The molecule has 0 fully saturated rings. The number of aliphatic imine (C=N–C) groups is 1. The van der Waals surface area contributed by atoms with E-state index in [4.69, 9.17) is 27.0 Å². The Morgan fingerprint density at radius 1 is 1.06 bits per heavy atom. The lowest BCUT2D eigenvalue weighted by molar-refractivity contribution is -0.138. The highest BCUT2D eigenvalue weighted by molar-refractivity contribution is 5.97. The molecule has 2 aromatic rings. The van der Waals surface area contributed by atoms with Crippen LogP contribution in [0.15, 0.2) is 53.5 Å². The smallest absolute Gasteiger partial charge is 0.340 e. The van der Waals surface area contributed by atoms with Gasteiger partial charge in [0.25, 0.3) is 5.91 Å². The lowest BCUT2D eigenvalue weighted by atomic mass is 10.2. The third kappa shape index (κ3) is 8.20. The highest BCUT2D eigenvalue weighted by atomic mass is 16.5. The number of guanidine groups is 1. The van der Waals surface area contributed by atoms with Crippen LogP contribution in [-0.2, 0) is 14.3 Å². The summed E-state index contributed by atoms with van der Waals surface area (Å²) >= 11 is 0. The summed E-state index contributed by atoms with van der Waals surface area (Å²) in [5.74, 6) is -3.39. The van der Waals surface area contributed by atoms with Crippen LogP contribution in [0.5, 0.6) is 0 Å². The minimum Gasteiger partial charge on any atom is -0.481 e. The maximum Gasteiger partial charge on any atom is 0.340 e. The number of nitrogen functional groups attached to an aromatic ring is 1. The number of anilines is 1. The van der Waals surface area contributed by atoms with Gasteiger partial charge >= 0.3 is 11.9 Å². The van der Waals surface area contributed by atoms with Crippen LogP contribution < -0.4 is 27.8 Å². The van der Waals surface area contributed by atoms with Crippen molar-refractivity contribution in [2.24, 2.45) is 16.5 Å². The van der Waals surface area contributed by atoms with E-state index >= 15 is 0 Å². The number of rotatable bonds is 10. The van der Waals surface area contributed by atoms with Gasteiger partial charge in [0.2, 0.25) is 5.91 Å². The number of nitrogens with two attached hydrogens (primary N) is 3. The zero-order valence-corrected chi connectivity index (χ0v) is 17.5. The molecule has 0 aliphatic carbocycles. The number of aliphatic carboxylic acids is 1. The first kappa shape index (κ1) is 24.7. The summed E-state index contributed by atoms with van der Waals surface area (Å²) in [6.07, 6.45) is -0.502. The number of carboxylic acid groups (broad SMARTS) is 1. The van der Waals surface area contributed by atoms with E-state index in [-0.39, 0.29) is 22.8 Å². The standard InChI is InChI=1S/C21H24N6O6/c22-16-7-2-1-6-15(16)20(32)33-11-14(9-18(29)30)26-17(28)10-25-19(31)12-4-3-5-13(8-12)27-21(23)24/h1-8,14H,9-11,22H2,(H,25,31)(H,26,28)(H,29,30)(H4,23,24,27). The Bertz CT molecular complexity index is 1070. The molecular weight excluding hydrogens is 432 g/mol. The third-order valence-electron chi connectivity index (χ3n) is 4.16. The number of carboxylic acids is 1. The van der Waals surface area contributed by atoms with Gasteiger partial charge in [-0.3, -0.25) is 14.4 Å². The number of amides is 2. The maximum absolute atomic E-state index is 12.3. The molecule has 12 nitrogen and oxygen atoms in total. The number of hydrogen-bond acceptors (Lipinski definition) is 7. The first-order valence-corrected chi connectivity index (χ1v) is 9.66. The number of hydrogen-bond donors (Lipinski definition) is 6. The first-order valence-electron chi connectivity index (χ1n) is 9.66. The van der Waals surface area contributed by atoms with Crippen molar-refractivity contribution in [2.45, 2.75) is 12.5 Å². The number of nitrogens with zero attached hydrogens (tertiary/aromatic N) is 1. The molecule has 1 atom stereocenters. The summed E-state index contributed by atoms with van der Waals surface area (Å²) in [7, 11) is 0. The lowest BCUT2D eigenvalue weighted by Gasteiger charge is -2.17. The van der Waals surface area contributed by atoms with Crippen molar-refractivity contribution in [2.75, 3.05) is 18.9 Å². The van der Waals surface area contributed by atoms with Gasteiger partial charge in [-0.2, -0.15) is 0 Å². The Hall–Kier alpha value is -4.61. The average Bonchev–Trinajstić information content (AvgIpc) is 2.75. The molecule has 0 radical (unpaired) electrons. The molecule has 0 aromatic heterocycles. The minimum absolute atomic E-state index is 0.119. The summed E-state index contributed by atoms with van der Waals surface area (Å²) in [6, 6.07) is 11.3. The van der Waals surface area contributed by atoms with Crippen molar-refractivity contribution < 1.29 is 29.0 Å². The van der Waals surface area contributed by atoms with Gasteiger partial charge < -0.3 is 37.7 Å². The Kier molecular flexibility index (Phi) is 8.74. The van der Waals surface area contributed by atoms with E-state index in [9.17, 15) is 19.2 Å². The van der Waals surface area contributed by atoms with Gasteiger partial charge in [0.1, 0.15) is 6.61 Å². The fourth-order valence-corrected chi connectivity index (χ4v) is 2.71. The number of carbonyl (C=O) groups is 4. The molecule has 2 amide bonds. The molecule has 0 spiro atoms. The molecule has 2 aromatic carbocycles. The van der Waals surface area contributed by atoms with Crippen LogP contribution in [0.1, 0.15) is 27.1 Å². The van der Waals surface area contributed by atoms with Gasteiger partial charge in [-0.1, -0.05) is 18.2 Å². The first-order chi connectivity index (χ1) is 15.7. The summed E-state index contributed by atoms with van der Waals surface area (Å²) in [5, 5.41) is 13.9. The molecule has 2 rings (SSSR count). The molecule has 174 valence electrons. The van der Waals surface area contributed by atoms with E-state index in [1.165, 1.54) is 24.3 Å². The molecule has 0 bridgehead atoms. The van der Waals surface area contributed by atoms with E-state index in [0.717, 1.165) is 0 Å². The van der Waals surface area contributed by atoms with E-state index in [1.54, 1.807) is 24.3 Å². The number of benzene rings is 2. The van der Waals surface area contributed by atoms with Crippen LogP contribution in [0.25, 0.3) is 0 Å². The van der Waals surface area contributed by atoms with Crippen molar-refractivity contribution >= 4 is 41.1 Å². The van der Waals surface area contributed by atoms with Crippen LogP contribution in [0.3, 0.4) is 0 Å². The maximum atomic E-state index is 12.3. The number of ether oxygens (including phenoxy) is 1. The minimum atomic E-state index is -1.21. The molecule has 0 saturated carbocycles. The number of carbonyl (C=O) groups excluding carboxylic acids is 3. The van der Waals surface area contributed by atoms with Crippen molar-refractivity contribution in [1.29, 1.82) is 0 Å². The second-order valence-electron chi connectivity index (χ2n) is 6.82. The van der Waals surface area contributed by atoms with Crippen LogP contribution in [-0.4, -0.2) is 54.0 Å². The van der Waals surface area contributed by atoms with Gasteiger partial charge in [-0.15, -0.1) is 0 Å². The Morgan fingerprint density at radius 3 is 2.45 bits per heavy atom. The number of nitrogens with one attached hydrogen (secondary N) is 2. The third-order valence-corrected chi connectivity index (χ3v) is 4.16. The van der Waals surface area contributed by atoms with Gasteiger partial charge in [0, 0.05) is 11.3 Å². The molecule has 1 unspecified atom stereocenters. The number of para-hydroxylation sites is 1. The molecule has 0 aliphatic heterocycles. The molecule has 9 N–H and O–H groups in total. The SMILES string of the molecule is NC(N)=Nc1cccc(C(=O)NCC(=O)NC(COC(=O)c2ccccc2N)CC(=O)O)c1. The molecule has 33 heavy (non-hydrogen) atoms. The Balaban J connectivity index is 1.92. The van der Waals surface area contributed by atoms with Crippen LogP contribution in [0.4, 0.5) is 11.4 Å². The zero-order valence-electron chi connectivity index (χ0n) is 17.5. The van der Waals surface area contributed by atoms with Crippen LogP contribution in [0.2, 0.25) is 0 Å². The highest BCUT2D eigenvalue weighted by Crippen LogP contribution is 2.14. The zero-order chi connectivity index (χ0) is 24.4. The highest BCUT2D eigenvalue weighted by Gasteiger charge is 2.20. The summed E-state index contributed by atoms with van der Waals surface area (Å²) in [4.78, 5) is 51.6. The van der Waals surface area contributed by atoms with Gasteiger partial charge in [0.05, 0.1) is 30.3 Å². The quantitative estimate of drug-likeness (QED) is 0.120. The van der Waals surface area contributed by atoms with Crippen LogP contribution in [0, 0.1) is 0 Å². The largest absolute Gasteiger partial charge is 0.481 e. The van der Waals surface area contributed by atoms with Crippen LogP contribution >= 0.6 is 0 Å². The summed E-state index contributed by atoms with van der Waals surface area (Å²) in [5.41, 5.74) is 17.2. The molecule has 0 heterocycles. The predicted octanol–water partition coefficient (Wildman–Crippen LogP) is -0.280. The van der Waals surface area contributed by atoms with E-state index in [0.29, 0.717) is 5.69 Å². The predicted molar refractivity (Wildman–Crippen MR) is 120 cm³/mol. The van der Waals surface area contributed by atoms with Gasteiger partial charge in [-0.05, 0) is 30.3 Å². The van der Waals surface area contributed by atoms with Crippen molar-refractivity contribution in [3.8, 4) is 0 Å². The van der Waals surface area contributed by atoms with Crippen molar-refractivity contribution in [3.63, 3.8) is 0 Å². The van der Waals surface area contributed by atoms with Crippen molar-refractivity contribution in [1.82, 2.24) is 10.6 Å². The average molecular weight is 456 g/mol. The van der Waals surface area contributed by atoms with Gasteiger partial charge in [-0.25, -0.2) is 9.79 Å². The molecule has 0 saturated heterocycles. The number of esters is 1. The fourth-order valence-electron chi connectivity index (χ4n) is 2.71. The summed E-state index contributed by atoms with van der Waals surface area (Å²) in [6.45, 7) is -0.846. The fraction of sp³-hybridized carbons (Fsp3) is 0.190. The monoisotopic (exact) mass is 456 g/mol. The van der Waals surface area contributed by atoms with E-state index < -0.39 is 49.4 Å². The topological polar surface area (TPSA) is 212 Å². The summed E-state index contributed by atoms with van der Waals surface area (Å²) < 4.78 is 5.10. The molecular formula is C21H24N6O6. The second kappa shape index (κ2) is 11.7.